The number of hydrogen-bond acceptors (Lipinski definition) is 3. The van der Waals surface area contributed by atoms with Crippen LogP contribution in [0.15, 0.2) is 24.3 Å². The number of rotatable bonds is 7. The zero-order chi connectivity index (χ0) is 16.7. The Kier molecular flexibility index (Phi) is 6.90. The fourth-order valence-corrected chi connectivity index (χ4v) is 2.94. The maximum absolute atomic E-state index is 12.3. The van der Waals surface area contributed by atoms with E-state index in [9.17, 15) is 4.79 Å². The Morgan fingerprint density at radius 2 is 1.91 bits per heavy atom. The van der Waals surface area contributed by atoms with Crippen LogP contribution >= 0.6 is 0 Å². The van der Waals surface area contributed by atoms with Gasteiger partial charge in [-0.1, -0.05) is 26.0 Å². The van der Waals surface area contributed by atoms with Crippen molar-refractivity contribution in [3.8, 4) is 5.75 Å². The number of carbonyl (C=O) groups excluding carboxylic acids is 1. The second-order valence-corrected chi connectivity index (χ2v) is 6.86. The van der Waals surface area contributed by atoms with Crippen LogP contribution in [0.4, 0.5) is 0 Å². The Morgan fingerprint density at radius 1 is 1.26 bits per heavy atom. The normalized spacial score (nSPS) is 16.5. The number of amides is 1. The molecule has 1 heterocycles. The van der Waals surface area contributed by atoms with E-state index in [0.717, 1.165) is 49.7 Å². The van der Waals surface area contributed by atoms with Crippen molar-refractivity contribution in [1.29, 1.82) is 0 Å². The fourth-order valence-electron chi connectivity index (χ4n) is 2.94. The molecule has 128 valence electrons. The molecule has 0 unspecified atom stereocenters. The second-order valence-electron chi connectivity index (χ2n) is 6.86. The van der Waals surface area contributed by atoms with E-state index in [1.165, 1.54) is 6.42 Å². The van der Waals surface area contributed by atoms with Gasteiger partial charge in [0.25, 0.3) is 0 Å². The first kappa shape index (κ1) is 17.8. The first-order chi connectivity index (χ1) is 11.1. The van der Waals surface area contributed by atoms with Crippen molar-refractivity contribution in [3.63, 3.8) is 0 Å². The van der Waals surface area contributed by atoms with Crippen molar-refractivity contribution in [2.45, 2.75) is 39.7 Å². The number of carbonyl (C=O) groups is 1. The van der Waals surface area contributed by atoms with Crippen LogP contribution in [0.5, 0.6) is 5.75 Å². The molecule has 0 spiro atoms. The largest absolute Gasteiger partial charge is 0.497 e. The van der Waals surface area contributed by atoms with Crippen molar-refractivity contribution >= 4 is 5.91 Å². The molecule has 1 aliphatic heterocycles. The van der Waals surface area contributed by atoms with Gasteiger partial charge < -0.3 is 15.0 Å². The minimum absolute atomic E-state index is 0.170. The molecule has 1 fully saturated rings. The molecule has 4 heteroatoms. The molecule has 1 N–H and O–H groups in total. The summed E-state index contributed by atoms with van der Waals surface area (Å²) < 4.78 is 5.14. The lowest BCUT2D eigenvalue weighted by Gasteiger charge is -2.31. The maximum Gasteiger partial charge on any atom is 0.223 e. The van der Waals surface area contributed by atoms with Crippen LogP contribution in [-0.2, 0) is 11.3 Å². The molecule has 1 saturated heterocycles. The standard InChI is InChI=1S/C19H30N2O2/c1-15(2)8-11-21-12-9-17(10-13-21)19(22)20-14-16-4-6-18(23-3)7-5-16/h4-7,15,17H,8-14H2,1-3H3,(H,20,22). The Morgan fingerprint density at radius 3 is 2.48 bits per heavy atom. The van der Waals surface area contributed by atoms with Crippen LogP contribution in [-0.4, -0.2) is 37.6 Å². The number of likely N-dealkylation sites (tertiary alicyclic amines) is 1. The average molecular weight is 318 g/mol. The van der Waals surface area contributed by atoms with Crippen molar-refractivity contribution in [2.75, 3.05) is 26.7 Å². The maximum atomic E-state index is 12.3. The molecule has 2 rings (SSSR count). The summed E-state index contributed by atoms with van der Waals surface area (Å²) in [5, 5.41) is 3.07. The molecular weight excluding hydrogens is 288 g/mol. The highest BCUT2D eigenvalue weighted by molar-refractivity contribution is 5.78. The van der Waals surface area contributed by atoms with Gasteiger partial charge in [0.2, 0.25) is 5.91 Å². The highest BCUT2D eigenvalue weighted by Gasteiger charge is 2.24. The van der Waals surface area contributed by atoms with Gasteiger partial charge in [-0.15, -0.1) is 0 Å². The molecule has 0 radical (unpaired) electrons. The summed E-state index contributed by atoms with van der Waals surface area (Å²) in [7, 11) is 1.66. The van der Waals surface area contributed by atoms with Gasteiger partial charge in [-0.25, -0.2) is 0 Å². The summed E-state index contributed by atoms with van der Waals surface area (Å²) in [4.78, 5) is 14.8. The lowest BCUT2D eigenvalue weighted by Crippen LogP contribution is -2.40. The van der Waals surface area contributed by atoms with E-state index >= 15 is 0 Å². The lowest BCUT2D eigenvalue weighted by molar-refractivity contribution is -0.126. The quantitative estimate of drug-likeness (QED) is 0.840. The monoisotopic (exact) mass is 318 g/mol. The number of benzene rings is 1. The van der Waals surface area contributed by atoms with Gasteiger partial charge in [0.05, 0.1) is 7.11 Å². The van der Waals surface area contributed by atoms with Crippen LogP contribution in [0.2, 0.25) is 0 Å². The third-order valence-corrected chi connectivity index (χ3v) is 4.61. The number of ether oxygens (including phenoxy) is 1. The van der Waals surface area contributed by atoms with Crippen molar-refractivity contribution in [3.05, 3.63) is 29.8 Å². The van der Waals surface area contributed by atoms with Gasteiger partial charge in [-0.05, 0) is 62.5 Å². The highest BCUT2D eigenvalue weighted by atomic mass is 16.5. The SMILES string of the molecule is COc1ccc(CNC(=O)C2CCN(CCC(C)C)CC2)cc1. The number of nitrogens with zero attached hydrogens (tertiary/aromatic N) is 1. The minimum Gasteiger partial charge on any atom is -0.497 e. The van der Waals surface area contributed by atoms with Gasteiger partial charge >= 0.3 is 0 Å². The predicted molar refractivity (Wildman–Crippen MR) is 93.5 cm³/mol. The molecule has 0 saturated carbocycles. The van der Waals surface area contributed by atoms with E-state index in [4.69, 9.17) is 4.74 Å². The van der Waals surface area contributed by atoms with Crippen molar-refractivity contribution < 1.29 is 9.53 Å². The third-order valence-electron chi connectivity index (χ3n) is 4.61. The summed E-state index contributed by atoms with van der Waals surface area (Å²) >= 11 is 0. The molecule has 0 aliphatic carbocycles. The van der Waals surface area contributed by atoms with E-state index in [1.54, 1.807) is 7.11 Å². The van der Waals surface area contributed by atoms with E-state index < -0.39 is 0 Å². The first-order valence-electron chi connectivity index (χ1n) is 8.71. The molecule has 0 bridgehead atoms. The van der Waals surface area contributed by atoms with E-state index in [1.807, 2.05) is 24.3 Å². The molecule has 1 aliphatic rings. The second kappa shape index (κ2) is 8.92. The van der Waals surface area contributed by atoms with Crippen LogP contribution in [0, 0.1) is 11.8 Å². The molecule has 0 aromatic heterocycles. The average Bonchev–Trinajstić information content (AvgIpc) is 2.58. The van der Waals surface area contributed by atoms with Gasteiger partial charge in [-0.2, -0.15) is 0 Å². The summed E-state index contributed by atoms with van der Waals surface area (Å²) in [5.74, 6) is 1.96. The number of piperidine rings is 1. The Hall–Kier alpha value is -1.55. The molecular formula is C19H30N2O2. The fraction of sp³-hybridized carbons (Fsp3) is 0.632. The summed E-state index contributed by atoms with van der Waals surface area (Å²) in [6.45, 7) is 8.38. The number of hydrogen-bond donors (Lipinski definition) is 1. The van der Waals surface area contributed by atoms with Crippen LogP contribution in [0.1, 0.15) is 38.7 Å². The van der Waals surface area contributed by atoms with Crippen molar-refractivity contribution in [2.24, 2.45) is 11.8 Å². The number of nitrogens with one attached hydrogen (secondary N) is 1. The molecule has 23 heavy (non-hydrogen) atoms. The summed E-state index contributed by atoms with van der Waals surface area (Å²) in [6.07, 6.45) is 3.20. The van der Waals surface area contributed by atoms with Crippen molar-refractivity contribution in [1.82, 2.24) is 10.2 Å². The Bertz CT molecular complexity index is 477. The Balaban J connectivity index is 1.70. The third kappa shape index (κ3) is 5.87. The van der Waals surface area contributed by atoms with Gasteiger partial charge in [0.1, 0.15) is 5.75 Å². The van der Waals surface area contributed by atoms with E-state index in [2.05, 4.69) is 24.1 Å². The van der Waals surface area contributed by atoms with Crippen LogP contribution < -0.4 is 10.1 Å². The summed E-state index contributed by atoms with van der Waals surface area (Å²) in [5.41, 5.74) is 1.11. The van der Waals surface area contributed by atoms with Gasteiger partial charge in [0, 0.05) is 12.5 Å². The highest BCUT2D eigenvalue weighted by Crippen LogP contribution is 2.18. The van der Waals surface area contributed by atoms with E-state index in [0.29, 0.717) is 6.54 Å². The summed E-state index contributed by atoms with van der Waals surface area (Å²) in [6, 6.07) is 7.84. The smallest absolute Gasteiger partial charge is 0.223 e. The van der Waals surface area contributed by atoms with E-state index in [-0.39, 0.29) is 11.8 Å². The van der Waals surface area contributed by atoms with Crippen LogP contribution in [0.3, 0.4) is 0 Å². The van der Waals surface area contributed by atoms with Crippen LogP contribution in [0.25, 0.3) is 0 Å². The number of methoxy groups -OCH3 is 1. The molecule has 1 aromatic rings. The van der Waals surface area contributed by atoms with Gasteiger partial charge in [0.15, 0.2) is 0 Å². The molecule has 1 amide bonds. The Labute approximate surface area is 140 Å². The predicted octanol–water partition coefficient (Wildman–Crippen LogP) is 3.07. The zero-order valence-electron chi connectivity index (χ0n) is 14.7. The first-order valence-corrected chi connectivity index (χ1v) is 8.71. The molecule has 0 atom stereocenters. The minimum atomic E-state index is 0.170. The molecule has 1 aromatic carbocycles. The topological polar surface area (TPSA) is 41.6 Å². The van der Waals surface area contributed by atoms with Gasteiger partial charge in [-0.3, -0.25) is 4.79 Å². The lowest BCUT2D eigenvalue weighted by atomic mass is 9.95. The molecule has 4 nitrogen and oxygen atoms in total. The zero-order valence-corrected chi connectivity index (χ0v) is 14.7.